The maximum atomic E-state index is 12.1. The van der Waals surface area contributed by atoms with E-state index in [0.717, 1.165) is 53.8 Å². The minimum absolute atomic E-state index is 0.0359. The standard InChI is InChI=1S/C24H24N6O2/c1-2-17-12-21-22(29-23(17)31)11-16(13-27-21)15-30-9-5-18(6-10-30)19-3-4-20(28-14-19)24(32)26-8-7-25/h3-5,11-14H,2,6,8-10,15H2,1H3,(H,26,32)(H,29,31). The monoisotopic (exact) mass is 428 g/mol. The Morgan fingerprint density at radius 1 is 1.28 bits per heavy atom. The zero-order valence-corrected chi connectivity index (χ0v) is 17.9. The molecule has 8 heteroatoms. The first kappa shape index (κ1) is 21.4. The smallest absolute Gasteiger partial charge is 0.270 e. The molecule has 3 aromatic heterocycles. The van der Waals surface area contributed by atoms with Crippen LogP contribution >= 0.6 is 0 Å². The molecule has 1 amide bonds. The summed E-state index contributed by atoms with van der Waals surface area (Å²) in [6, 6.07) is 9.31. The molecule has 0 atom stereocenters. The van der Waals surface area contributed by atoms with E-state index in [0.29, 0.717) is 12.1 Å². The molecule has 0 unspecified atom stereocenters. The molecule has 4 rings (SSSR count). The quantitative estimate of drug-likeness (QED) is 0.583. The van der Waals surface area contributed by atoms with Gasteiger partial charge in [-0.2, -0.15) is 5.26 Å². The van der Waals surface area contributed by atoms with E-state index in [1.165, 1.54) is 5.57 Å². The van der Waals surface area contributed by atoms with Gasteiger partial charge in [0.1, 0.15) is 12.2 Å². The lowest BCUT2D eigenvalue weighted by molar-refractivity contribution is 0.0953. The molecule has 1 aliphatic rings. The first-order valence-corrected chi connectivity index (χ1v) is 10.6. The van der Waals surface area contributed by atoms with Gasteiger partial charge in [0, 0.05) is 37.6 Å². The van der Waals surface area contributed by atoms with Crippen molar-refractivity contribution in [2.24, 2.45) is 0 Å². The Labute approximate surface area is 185 Å². The van der Waals surface area contributed by atoms with Crippen LogP contribution < -0.4 is 10.9 Å². The molecular weight excluding hydrogens is 404 g/mol. The summed E-state index contributed by atoms with van der Waals surface area (Å²) in [6.45, 7) is 4.36. The lowest BCUT2D eigenvalue weighted by Gasteiger charge is -2.26. The summed E-state index contributed by atoms with van der Waals surface area (Å²) in [6.07, 6.45) is 7.32. The summed E-state index contributed by atoms with van der Waals surface area (Å²) in [5, 5.41) is 11.0. The van der Waals surface area contributed by atoms with Gasteiger partial charge >= 0.3 is 0 Å². The number of amides is 1. The minimum atomic E-state index is -0.349. The van der Waals surface area contributed by atoms with Gasteiger partial charge in [-0.3, -0.25) is 24.5 Å². The number of H-pyrrole nitrogens is 1. The fourth-order valence-electron chi connectivity index (χ4n) is 3.82. The van der Waals surface area contributed by atoms with E-state index in [9.17, 15) is 9.59 Å². The normalized spacial score (nSPS) is 14.1. The van der Waals surface area contributed by atoms with E-state index in [2.05, 4.69) is 31.2 Å². The highest BCUT2D eigenvalue weighted by Crippen LogP contribution is 2.23. The fourth-order valence-corrected chi connectivity index (χ4v) is 3.82. The number of nitrogens with one attached hydrogen (secondary N) is 2. The number of carbonyl (C=O) groups is 1. The van der Waals surface area contributed by atoms with Crippen molar-refractivity contribution in [3.63, 3.8) is 0 Å². The van der Waals surface area contributed by atoms with Crippen molar-refractivity contribution < 1.29 is 4.79 Å². The molecule has 0 radical (unpaired) electrons. The van der Waals surface area contributed by atoms with E-state index < -0.39 is 0 Å². The van der Waals surface area contributed by atoms with Gasteiger partial charge in [0.2, 0.25) is 0 Å². The first-order chi connectivity index (χ1) is 15.6. The van der Waals surface area contributed by atoms with Crippen LogP contribution in [0.4, 0.5) is 0 Å². The Kier molecular flexibility index (Phi) is 6.38. The molecule has 2 N–H and O–H groups in total. The van der Waals surface area contributed by atoms with Gasteiger partial charge in [0.05, 0.1) is 17.1 Å². The zero-order chi connectivity index (χ0) is 22.5. The van der Waals surface area contributed by atoms with Crippen molar-refractivity contribution in [1.29, 1.82) is 5.26 Å². The third-order valence-electron chi connectivity index (χ3n) is 5.60. The second-order valence-corrected chi connectivity index (χ2v) is 7.74. The van der Waals surface area contributed by atoms with Crippen LogP contribution in [0.15, 0.2) is 47.5 Å². The molecule has 0 bridgehead atoms. The molecule has 4 heterocycles. The first-order valence-electron chi connectivity index (χ1n) is 10.6. The van der Waals surface area contributed by atoms with Crippen molar-refractivity contribution in [3.05, 3.63) is 75.5 Å². The number of aromatic nitrogens is 3. The van der Waals surface area contributed by atoms with Crippen LogP contribution in [0.25, 0.3) is 16.6 Å². The van der Waals surface area contributed by atoms with Crippen molar-refractivity contribution in [2.75, 3.05) is 19.6 Å². The third-order valence-corrected chi connectivity index (χ3v) is 5.60. The molecule has 0 fully saturated rings. The summed E-state index contributed by atoms with van der Waals surface area (Å²) >= 11 is 0. The van der Waals surface area contributed by atoms with Crippen LogP contribution in [-0.2, 0) is 13.0 Å². The summed E-state index contributed by atoms with van der Waals surface area (Å²) in [5.74, 6) is -0.349. The van der Waals surface area contributed by atoms with E-state index in [-0.39, 0.29) is 18.0 Å². The van der Waals surface area contributed by atoms with Crippen LogP contribution in [0.2, 0.25) is 0 Å². The number of carbonyl (C=O) groups excluding carboxylic acids is 1. The number of nitriles is 1. The Morgan fingerprint density at radius 3 is 2.84 bits per heavy atom. The van der Waals surface area contributed by atoms with Crippen molar-refractivity contribution >= 4 is 22.5 Å². The highest BCUT2D eigenvalue weighted by molar-refractivity contribution is 5.92. The van der Waals surface area contributed by atoms with Crippen LogP contribution in [0, 0.1) is 11.3 Å². The number of hydrogen-bond donors (Lipinski definition) is 2. The summed E-state index contributed by atoms with van der Waals surface area (Å²) in [7, 11) is 0. The number of nitrogens with zero attached hydrogens (tertiary/aromatic N) is 4. The van der Waals surface area contributed by atoms with Crippen LogP contribution in [0.5, 0.6) is 0 Å². The molecule has 0 saturated heterocycles. The van der Waals surface area contributed by atoms with Gasteiger partial charge in [0.25, 0.3) is 11.5 Å². The Balaban J connectivity index is 1.41. The Morgan fingerprint density at radius 2 is 2.16 bits per heavy atom. The number of aromatic amines is 1. The number of rotatable bonds is 6. The van der Waals surface area contributed by atoms with E-state index in [1.807, 2.05) is 37.4 Å². The summed E-state index contributed by atoms with van der Waals surface area (Å²) < 4.78 is 0. The molecule has 0 spiro atoms. The fraction of sp³-hybridized carbons (Fsp3) is 0.292. The predicted octanol–water partition coefficient (Wildman–Crippen LogP) is 2.42. The van der Waals surface area contributed by atoms with Crippen LogP contribution in [0.3, 0.4) is 0 Å². The van der Waals surface area contributed by atoms with Gasteiger partial charge in [-0.15, -0.1) is 0 Å². The molecule has 0 aromatic carbocycles. The van der Waals surface area contributed by atoms with E-state index in [1.54, 1.807) is 12.3 Å². The van der Waals surface area contributed by atoms with Gasteiger partial charge in [-0.25, -0.2) is 0 Å². The largest absolute Gasteiger partial charge is 0.338 e. The summed E-state index contributed by atoms with van der Waals surface area (Å²) in [5.41, 5.74) is 5.83. The van der Waals surface area contributed by atoms with E-state index in [4.69, 9.17) is 5.26 Å². The molecule has 0 aliphatic carbocycles. The Bertz CT molecular complexity index is 1270. The second kappa shape index (κ2) is 9.54. The lowest BCUT2D eigenvalue weighted by Crippen LogP contribution is -2.28. The maximum absolute atomic E-state index is 12.1. The van der Waals surface area contributed by atoms with Crippen molar-refractivity contribution in [1.82, 2.24) is 25.2 Å². The van der Waals surface area contributed by atoms with Crippen LogP contribution in [0.1, 0.15) is 40.5 Å². The molecule has 162 valence electrons. The molecular formula is C24H24N6O2. The molecule has 1 aliphatic heterocycles. The lowest BCUT2D eigenvalue weighted by atomic mass is 10.0. The third kappa shape index (κ3) is 4.74. The van der Waals surface area contributed by atoms with Crippen molar-refractivity contribution in [3.8, 4) is 6.07 Å². The number of aryl methyl sites for hydroxylation is 1. The molecule has 3 aromatic rings. The van der Waals surface area contributed by atoms with Crippen molar-refractivity contribution in [2.45, 2.75) is 26.3 Å². The molecule has 8 nitrogen and oxygen atoms in total. The van der Waals surface area contributed by atoms with Gasteiger partial charge < -0.3 is 10.3 Å². The van der Waals surface area contributed by atoms with Gasteiger partial charge in [0.15, 0.2) is 0 Å². The number of hydrogen-bond acceptors (Lipinski definition) is 6. The Hall–Kier alpha value is -3.83. The number of fused-ring (bicyclic) bond motifs is 1. The van der Waals surface area contributed by atoms with Crippen LogP contribution in [-0.4, -0.2) is 45.4 Å². The molecule has 0 saturated carbocycles. The zero-order valence-electron chi connectivity index (χ0n) is 17.9. The maximum Gasteiger partial charge on any atom is 0.270 e. The second-order valence-electron chi connectivity index (χ2n) is 7.74. The number of pyridine rings is 3. The SMILES string of the molecule is CCc1cc2ncc(CN3CC=C(c4ccc(C(=O)NCC#N)nc4)CC3)cc2[nH]c1=O. The average Bonchev–Trinajstić information content (AvgIpc) is 2.82. The highest BCUT2D eigenvalue weighted by Gasteiger charge is 2.15. The highest BCUT2D eigenvalue weighted by atomic mass is 16.1. The van der Waals surface area contributed by atoms with Gasteiger partial charge in [-0.1, -0.05) is 19.1 Å². The van der Waals surface area contributed by atoms with E-state index >= 15 is 0 Å². The average molecular weight is 428 g/mol. The molecule has 32 heavy (non-hydrogen) atoms. The predicted molar refractivity (Wildman–Crippen MR) is 122 cm³/mol. The summed E-state index contributed by atoms with van der Waals surface area (Å²) in [4.78, 5) is 38.0. The minimum Gasteiger partial charge on any atom is -0.338 e. The topological polar surface area (TPSA) is 115 Å². The van der Waals surface area contributed by atoms with Gasteiger partial charge in [-0.05, 0) is 47.7 Å².